The fourth-order valence-electron chi connectivity index (χ4n) is 3.82. The molecule has 2 N–H and O–H groups in total. The third-order valence-electron chi connectivity index (χ3n) is 5.24. The van der Waals surface area contributed by atoms with Crippen molar-refractivity contribution in [1.29, 1.82) is 0 Å². The highest BCUT2D eigenvalue weighted by molar-refractivity contribution is 5.87. The summed E-state index contributed by atoms with van der Waals surface area (Å²) in [6.07, 6.45) is 6.19. The summed E-state index contributed by atoms with van der Waals surface area (Å²) in [5.41, 5.74) is 2.50. The third kappa shape index (κ3) is 3.91. The van der Waals surface area contributed by atoms with Gasteiger partial charge in [-0.15, -0.1) is 0 Å². The number of aliphatic carboxylic acids is 1. The number of hydrogen-bond donors (Lipinski definition) is 2. The summed E-state index contributed by atoms with van der Waals surface area (Å²) < 4.78 is 11.6. The first-order chi connectivity index (χ1) is 12.1. The number of methoxy groups -OCH3 is 1. The number of carbonyl (C=O) groups is 1. The first-order valence-electron chi connectivity index (χ1n) is 9.16. The first kappa shape index (κ1) is 17.6. The van der Waals surface area contributed by atoms with Crippen molar-refractivity contribution < 1.29 is 19.4 Å². The molecule has 0 aromatic heterocycles. The molecule has 1 heterocycles. The minimum Gasteiger partial charge on any atom is -0.493 e. The summed E-state index contributed by atoms with van der Waals surface area (Å²) in [5, 5.41) is 12.6. The summed E-state index contributed by atoms with van der Waals surface area (Å²) >= 11 is 0. The van der Waals surface area contributed by atoms with Gasteiger partial charge in [-0.05, 0) is 56.2 Å². The molecule has 1 aliphatic heterocycles. The van der Waals surface area contributed by atoms with Crippen molar-refractivity contribution in [3.8, 4) is 11.5 Å². The molecule has 25 heavy (non-hydrogen) atoms. The molecule has 0 unspecified atom stereocenters. The number of carboxylic acid groups (broad SMARTS) is 1. The van der Waals surface area contributed by atoms with Gasteiger partial charge in [0, 0.05) is 18.2 Å². The van der Waals surface area contributed by atoms with Crippen LogP contribution in [0.5, 0.6) is 11.5 Å². The molecule has 0 spiro atoms. The van der Waals surface area contributed by atoms with Crippen LogP contribution in [0.4, 0.5) is 0 Å². The Kier molecular flexibility index (Phi) is 5.51. The number of allylic oxidation sites excluding steroid dienone is 1. The van der Waals surface area contributed by atoms with E-state index in [0.29, 0.717) is 12.0 Å². The molecule has 2 fully saturated rings. The average molecular weight is 345 g/mol. The maximum atomic E-state index is 11.4. The summed E-state index contributed by atoms with van der Waals surface area (Å²) in [7, 11) is 1.66. The fourth-order valence-corrected chi connectivity index (χ4v) is 3.82. The predicted molar refractivity (Wildman–Crippen MR) is 96.2 cm³/mol. The molecule has 2 aliphatic rings. The normalized spacial score (nSPS) is 22.6. The van der Waals surface area contributed by atoms with Gasteiger partial charge in [0.2, 0.25) is 0 Å². The molecular weight excluding hydrogens is 318 g/mol. The Hall–Kier alpha value is -2.17. The summed E-state index contributed by atoms with van der Waals surface area (Å²) in [4.78, 5) is 11.4. The van der Waals surface area contributed by atoms with E-state index < -0.39 is 5.97 Å². The molecule has 1 atom stereocenters. The molecule has 1 saturated heterocycles. The van der Waals surface area contributed by atoms with Gasteiger partial charge in [0.05, 0.1) is 18.8 Å². The molecule has 1 aromatic carbocycles. The highest BCUT2D eigenvalue weighted by atomic mass is 16.5. The minimum atomic E-state index is -0.828. The lowest BCUT2D eigenvalue weighted by Gasteiger charge is -2.18. The number of benzene rings is 1. The summed E-state index contributed by atoms with van der Waals surface area (Å²) in [5.74, 6) is 0.994. The fraction of sp³-hybridized carbons (Fsp3) is 0.550. The Morgan fingerprint density at radius 1 is 1.28 bits per heavy atom. The van der Waals surface area contributed by atoms with Crippen molar-refractivity contribution >= 4 is 5.97 Å². The molecular formula is C20H27NO4. The van der Waals surface area contributed by atoms with Crippen LogP contribution in [0.2, 0.25) is 0 Å². The van der Waals surface area contributed by atoms with Crippen LogP contribution in [0.1, 0.15) is 56.9 Å². The van der Waals surface area contributed by atoms with Crippen LogP contribution in [0.15, 0.2) is 29.5 Å². The molecule has 136 valence electrons. The zero-order chi connectivity index (χ0) is 17.8. The van der Waals surface area contributed by atoms with Crippen molar-refractivity contribution in [2.24, 2.45) is 0 Å². The van der Waals surface area contributed by atoms with Crippen molar-refractivity contribution in [2.75, 3.05) is 13.7 Å². The molecule has 3 rings (SSSR count). The lowest BCUT2D eigenvalue weighted by atomic mass is 9.95. The molecule has 0 bridgehead atoms. The first-order valence-corrected chi connectivity index (χ1v) is 9.16. The van der Waals surface area contributed by atoms with Crippen LogP contribution in [0, 0.1) is 0 Å². The maximum absolute atomic E-state index is 11.4. The van der Waals surface area contributed by atoms with Gasteiger partial charge >= 0.3 is 5.97 Å². The largest absolute Gasteiger partial charge is 0.493 e. The number of hydrogen-bond acceptors (Lipinski definition) is 4. The van der Waals surface area contributed by atoms with E-state index in [9.17, 15) is 9.90 Å². The molecule has 1 saturated carbocycles. The quantitative estimate of drug-likeness (QED) is 0.767. The number of carboxylic acids is 1. The van der Waals surface area contributed by atoms with Crippen molar-refractivity contribution in [3.05, 3.63) is 35.0 Å². The Morgan fingerprint density at radius 3 is 2.68 bits per heavy atom. The van der Waals surface area contributed by atoms with E-state index in [4.69, 9.17) is 9.47 Å². The Labute approximate surface area is 149 Å². The zero-order valence-electron chi connectivity index (χ0n) is 15.0. The molecule has 5 heteroatoms. The summed E-state index contributed by atoms with van der Waals surface area (Å²) in [6.45, 7) is 2.63. The lowest BCUT2D eigenvalue weighted by molar-refractivity contribution is -0.132. The van der Waals surface area contributed by atoms with Crippen LogP contribution in [-0.2, 0) is 4.79 Å². The second-order valence-corrected chi connectivity index (χ2v) is 6.83. The molecule has 5 nitrogen and oxygen atoms in total. The van der Waals surface area contributed by atoms with E-state index in [1.165, 1.54) is 12.8 Å². The van der Waals surface area contributed by atoms with Gasteiger partial charge in [0.15, 0.2) is 11.5 Å². The highest BCUT2D eigenvalue weighted by Gasteiger charge is 2.26. The highest BCUT2D eigenvalue weighted by Crippen LogP contribution is 2.37. The van der Waals surface area contributed by atoms with E-state index >= 15 is 0 Å². The van der Waals surface area contributed by atoms with Crippen LogP contribution in [0.25, 0.3) is 0 Å². The van der Waals surface area contributed by atoms with Gasteiger partial charge in [-0.3, -0.25) is 0 Å². The minimum absolute atomic E-state index is 0.257. The van der Waals surface area contributed by atoms with Gasteiger partial charge in [-0.2, -0.15) is 0 Å². The van der Waals surface area contributed by atoms with E-state index in [0.717, 1.165) is 48.6 Å². The number of nitrogens with one attached hydrogen (secondary N) is 1. The number of ether oxygens (including phenoxy) is 2. The SMILES string of the molecule is CC/C(C(=O)O)=C1/C[C@H](c2ccc(OC)c(OC3CCCC3)c2)CN1. The van der Waals surface area contributed by atoms with E-state index in [1.807, 2.05) is 13.0 Å². The van der Waals surface area contributed by atoms with Gasteiger partial charge in [-0.25, -0.2) is 4.79 Å². The standard InChI is InChI=1S/C20H27NO4/c1-3-16(20(22)23)17-10-14(12-21-17)13-8-9-18(24-2)19(11-13)25-15-6-4-5-7-15/h8-9,11,14-15,21H,3-7,10,12H2,1-2H3,(H,22,23)/b17-16+/t14-/m0/s1. The number of rotatable bonds is 6. The van der Waals surface area contributed by atoms with Crippen LogP contribution < -0.4 is 14.8 Å². The van der Waals surface area contributed by atoms with Crippen LogP contribution in [0.3, 0.4) is 0 Å². The molecule has 1 aromatic rings. The van der Waals surface area contributed by atoms with Crippen LogP contribution >= 0.6 is 0 Å². The van der Waals surface area contributed by atoms with E-state index in [2.05, 4.69) is 17.4 Å². The second-order valence-electron chi connectivity index (χ2n) is 6.83. The van der Waals surface area contributed by atoms with Gasteiger partial charge < -0.3 is 19.9 Å². The Balaban J connectivity index is 1.79. The second kappa shape index (κ2) is 7.81. The maximum Gasteiger partial charge on any atom is 0.333 e. The van der Waals surface area contributed by atoms with Crippen molar-refractivity contribution in [3.63, 3.8) is 0 Å². The van der Waals surface area contributed by atoms with Crippen molar-refractivity contribution in [1.82, 2.24) is 5.32 Å². The lowest BCUT2D eigenvalue weighted by Crippen LogP contribution is -2.13. The van der Waals surface area contributed by atoms with Gasteiger partial charge in [0.1, 0.15) is 0 Å². The molecule has 0 amide bonds. The average Bonchev–Trinajstić information content (AvgIpc) is 3.27. The van der Waals surface area contributed by atoms with E-state index in [1.54, 1.807) is 7.11 Å². The topological polar surface area (TPSA) is 67.8 Å². The van der Waals surface area contributed by atoms with E-state index in [-0.39, 0.29) is 12.0 Å². The zero-order valence-corrected chi connectivity index (χ0v) is 15.0. The third-order valence-corrected chi connectivity index (χ3v) is 5.24. The summed E-state index contributed by atoms with van der Waals surface area (Å²) in [6, 6.07) is 6.08. The van der Waals surface area contributed by atoms with Gasteiger partial charge in [-0.1, -0.05) is 13.0 Å². The monoisotopic (exact) mass is 345 g/mol. The predicted octanol–water partition coefficient (Wildman–Crippen LogP) is 3.84. The smallest absolute Gasteiger partial charge is 0.333 e. The Bertz CT molecular complexity index is 662. The molecule has 0 radical (unpaired) electrons. The molecule has 1 aliphatic carbocycles. The Morgan fingerprint density at radius 2 is 2.04 bits per heavy atom. The van der Waals surface area contributed by atoms with Crippen molar-refractivity contribution in [2.45, 2.75) is 57.5 Å². The van der Waals surface area contributed by atoms with Gasteiger partial charge in [0.25, 0.3) is 0 Å². The van der Waals surface area contributed by atoms with Crippen LogP contribution in [-0.4, -0.2) is 30.8 Å².